The number of fused-ring (bicyclic) bond motifs is 1. The normalized spacial score (nSPS) is 11.7. The summed E-state index contributed by atoms with van der Waals surface area (Å²) in [5.41, 5.74) is 2.05. The van der Waals surface area contributed by atoms with Crippen molar-refractivity contribution in [2.45, 2.75) is 53.1 Å². The van der Waals surface area contributed by atoms with E-state index in [4.69, 9.17) is 0 Å². The Hall–Kier alpha value is -2.96. The molecule has 3 aromatic rings. The van der Waals surface area contributed by atoms with Gasteiger partial charge in [0.1, 0.15) is 11.2 Å². The fourth-order valence-corrected chi connectivity index (χ4v) is 2.94. The number of carbonyl (C=O) groups excluding carboxylic acids is 1. The van der Waals surface area contributed by atoms with Crippen molar-refractivity contribution in [2.75, 3.05) is 0 Å². The lowest BCUT2D eigenvalue weighted by Gasteiger charge is -2.20. The van der Waals surface area contributed by atoms with Crippen LogP contribution in [0.4, 0.5) is 0 Å². The van der Waals surface area contributed by atoms with E-state index < -0.39 is 0 Å². The highest BCUT2D eigenvalue weighted by Gasteiger charge is 2.17. The maximum Gasteiger partial charge on any atom is 0.264 e. The number of aromatic nitrogens is 4. The zero-order chi connectivity index (χ0) is 19.8. The van der Waals surface area contributed by atoms with Crippen molar-refractivity contribution in [3.63, 3.8) is 0 Å². The third-order valence-electron chi connectivity index (χ3n) is 4.23. The summed E-state index contributed by atoms with van der Waals surface area (Å²) in [6.45, 7) is 9.85. The quantitative estimate of drug-likeness (QED) is 0.768. The summed E-state index contributed by atoms with van der Waals surface area (Å²) in [5, 5.41) is 7.69. The van der Waals surface area contributed by atoms with E-state index in [1.165, 1.54) is 10.8 Å². The van der Waals surface area contributed by atoms with Gasteiger partial charge < -0.3 is 5.32 Å². The Bertz CT molecular complexity index is 1040. The van der Waals surface area contributed by atoms with Crippen molar-refractivity contribution in [1.82, 2.24) is 24.6 Å². The maximum absolute atomic E-state index is 12.9. The lowest BCUT2D eigenvalue weighted by molar-refractivity contribution is -0.122. The van der Waals surface area contributed by atoms with Gasteiger partial charge in [-0.15, -0.1) is 0 Å². The van der Waals surface area contributed by atoms with Crippen molar-refractivity contribution < 1.29 is 4.79 Å². The van der Waals surface area contributed by atoms with Gasteiger partial charge in [-0.25, -0.2) is 9.67 Å². The number of rotatable bonds is 4. The molecule has 0 aliphatic carbocycles. The van der Waals surface area contributed by atoms with Crippen LogP contribution in [0, 0.1) is 13.8 Å². The van der Waals surface area contributed by atoms with E-state index in [-0.39, 0.29) is 30.0 Å². The molecule has 0 bridgehead atoms. The minimum atomic E-state index is -0.297. The predicted molar refractivity (Wildman–Crippen MR) is 105 cm³/mol. The molecule has 27 heavy (non-hydrogen) atoms. The molecule has 0 aliphatic rings. The van der Waals surface area contributed by atoms with Crippen LogP contribution in [0.3, 0.4) is 0 Å². The van der Waals surface area contributed by atoms with Gasteiger partial charge in [0, 0.05) is 18.5 Å². The molecule has 1 amide bonds. The van der Waals surface area contributed by atoms with Crippen molar-refractivity contribution in [3.8, 4) is 5.69 Å². The van der Waals surface area contributed by atoms with E-state index in [2.05, 4.69) is 15.4 Å². The van der Waals surface area contributed by atoms with Crippen LogP contribution in [0.1, 0.15) is 38.6 Å². The first-order valence-electron chi connectivity index (χ1n) is 8.99. The fourth-order valence-electron chi connectivity index (χ4n) is 2.94. The van der Waals surface area contributed by atoms with Gasteiger partial charge in [0.15, 0.2) is 5.65 Å². The molecule has 0 unspecified atom stereocenters. The van der Waals surface area contributed by atoms with Crippen LogP contribution >= 0.6 is 0 Å². The van der Waals surface area contributed by atoms with E-state index in [0.717, 1.165) is 11.3 Å². The molecule has 7 nitrogen and oxygen atoms in total. The average molecular weight is 367 g/mol. The lowest BCUT2D eigenvalue weighted by Crippen LogP contribution is -2.41. The summed E-state index contributed by atoms with van der Waals surface area (Å²) in [5.74, 6) is 0.467. The zero-order valence-electron chi connectivity index (χ0n) is 16.4. The van der Waals surface area contributed by atoms with Gasteiger partial charge in [-0.1, -0.05) is 17.7 Å². The average Bonchev–Trinajstić information content (AvgIpc) is 2.97. The molecule has 0 aliphatic heterocycles. The second-order valence-electron chi connectivity index (χ2n) is 7.79. The van der Waals surface area contributed by atoms with Crippen LogP contribution in [-0.2, 0) is 11.3 Å². The molecule has 1 aromatic carbocycles. The maximum atomic E-state index is 12.9. The van der Waals surface area contributed by atoms with Gasteiger partial charge in [-0.05, 0) is 46.8 Å². The number of nitrogens with one attached hydrogen (secondary N) is 1. The molecule has 142 valence electrons. The van der Waals surface area contributed by atoms with Gasteiger partial charge in [0.05, 0.1) is 11.9 Å². The number of hydrogen-bond donors (Lipinski definition) is 1. The number of nitrogens with zero attached hydrogens (tertiary/aromatic N) is 4. The van der Waals surface area contributed by atoms with Crippen LogP contribution < -0.4 is 10.9 Å². The van der Waals surface area contributed by atoms with Gasteiger partial charge in [-0.3, -0.25) is 14.2 Å². The molecule has 0 saturated carbocycles. The Morgan fingerprint density at radius 2 is 1.81 bits per heavy atom. The third kappa shape index (κ3) is 4.07. The Balaban J connectivity index is 1.92. The molecule has 1 N–H and O–H groups in total. The predicted octanol–water partition coefficient (Wildman–Crippen LogP) is 2.50. The Morgan fingerprint density at radius 1 is 1.15 bits per heavy atom. The highest BCUT2D eigenvalue weighted by molar-refractivity contribution is 5.77. The Labute approximate surface area is 158 Å². The summed E-state index contributed by atoms with van der Waals surface area (Å²) in [4.78, 5) is 29.5. The van der Waals surface area contributed by atoms with E-state index in [9.17, 15) is 9.59 Å². The summed E-state index contributed by atoms with van der Waals surface area (Å²) >= 11 is 0. The second-order valence-corrected chi connectivity index (χ2v) is 7.79. The number of aryl methyl sites for hydroxylation is 2. The minimum Gasteiger partial charge on any atom is -0.351 e. The molecular weight excluding hydrogens is 342 g/mol. The van der Waals surface area contributed by atoms with Gasteiger partial charge in [0.25, 0.3) is 5.56 Å². The molecular formula is C20H25N5O2. The molecule has 0 fully saturated rings. The van der Waals surface area contributed by atoms with Crippen LogP contribution in [0.2, 0.25) is 0 Å². The SMILES string of the molecule is Cc1ccc(-n2ncc3c(=O)n(CCC(=O)NC(C)(C)C)c(C)nc32)cc1. The number of benzene rings is 1. The van der Waals surface area contributed by atoms with Crippen molar-refractivity contribution in [2.24, 2.45) is 0 Å². The van der Waals surface area contributed by atoms with E-state index >= 15 is 0 Å². The molecule has 7 heteroatoms. The van der Waals surface area contributed by atoms with Crippen LogP contribution in [-0.4, -0.2) is 30.8 Å². The lowest BCUT2D eigenvalue weighted by atomic mass is 10.1. The third-order valence-corrected chi connectivity index (χ3v) is 4.23. The van der Waals surface area contributed by atoms with Gasteiger partial charge in [0.2, 0.25) is 5.91 Å². The van der Waals surface area contributed by atoms with Gasteiger partial charge >= 0.3 is 0 Å². The van der Waals surface area contributed by atoms with Crippen LogP contribution in [0.25, 0.3) is 16.7 Å². The number of amides is 1. The first-order chi connectivity index (χ1) is 12.7. The molecule has 0 atom stereocenters. The molecule has 0 spiro atoms. The first kappa shape index (κ1) is 18.8. The van der Waals surface area contributed by atoms with Crippen molar-refractivity contribution in [3.05, 3.63) is 52.2 Å². The topological polar surface area (TPSA) is 81.8 Å². The molecule has 3 rings (SSSR count). The molecule has 2 heterocycles. The number of carbonyl (C=O) groups is 1. The standard InChI is InChI=1S/C20H25N5O2/c1-13-6-8-15(9-7-13)25-18-16(12-21-25)19(27)24(14(2)22-18)11-10-17(26)23-20(3,4)5/h6-9,12H,10-11H2,1-5H3,(H,23,26). The first-order valence-corrected chi connectivity index (χ1v) is 8.99. The largest absolute Gasteiger partial charge is 0.351 e. The Kier molecular flexibility index (Phi) is 4.87. The highest BCUT2D eigenvalue weighted by Crippen LogP contribution is 2.15. The summed E-state index contributed by atoms with van der Waals surface area (Å²) in [6.07, 6.45) is 1.76. The fraction of sp³-hybridized carbons (Fsp3) is 0.400. The minimum absolute atomic E-state index is 0.0933. The van der Waals surface area contributed by atoms with Crippen molar-refractivity contribution in [1.29, 1.82) is 0 Å². The Morgan fingerprint density at radius 3 is 2.44 bits per heavy atom. The zero-order valence-corrected chi connectivity index (χ0v) is 16.4. The monoisotopic (exact) mass is 367 g/mol. The smallest absolute Gasteiger partial charge is 0.264 e. The number of hydrogen-bond acceptors (Lipinski definition) is 4. The summed E-state index contributed by atoms with van der Waals surface area (Å²) < 4.78 is 3.20. The second kappa shape index (κ2) is 6.98. The highest BCUT2D eigenvalue weighted by atomic mass is 16.2. The van der Waals surface area contributed by atoms with Crippen molar-refractivity contribution >= 4 is 16.9 Å². The van der Waals surface area contributed by atoms with Gasteiger partial charge in [-0.2, -0.15) is 5.10 Å². The van der Waals surface area contributed by atoms with E-state index in [1.807, 2.05) is 52.0 Å². The van der Waals surface area contributed by atoms with E-state index in [0.29, 0.717) is 16.9 Å². The summed E-state index contributed by atoms with van der Waals surface area (Å²) in [7, 11) is 0. The van der Waals surface area contributed by atoms with Crippen LogP contribution in [0.5, 0.6) is 0 Å². The van der Waals surface area contributed by atoms with Crippen LogP contribution in [0.15, 0.2) is 35.3 Å². The molecule has 0 radical (unpaired) electrons. The molecule has 2 aromatic heterocycles. The van der Waals surface area contributed by atoms with E-state index in [1.54, 1.807) is 11.6 Å². The molecule has 0 saturated heterocycles. The summed E-state index contributed by atoms with van der Waals surface area (Å²) in [6, 6.07) is 7.87.